The first kappa shape index (κ1) is 18.5. The first-order chi connectivity index (χ1) is 13.1. The number of likely N-dealkylation sites (tertiary alicyclic amines) is 1. The van der Waals surface area contributed by atoms with Gasteiger partial charge in [-0.15, -0.1) is 0 Å². The average Bonchev–Trinajstić information content (AvgIpc) is 3.18. The molecule has 2 aromatic rings. The van der Waals surface area contributed by atoms with E-state index in [2.05, 4.69) is 19.9 Å². The van der Waals surface area contributed by atoms with Crippen LogP contribution in [0.15, 0.2) is 18.5 Å². The number of aromatic nitrogens is 4. The minimum atomic E-state index is -0.567. The normalized spacial score (nSPS) is 21.4. The molecule has 4 rings (SSSR count). The molecule has 146 valence electrons. The third kappa shape index (κ3) is 4.72. The minimum absolute atomic E-state index is 0.567. The Morgan fingerprint density at radius 3 is 2.74 bits per heavy atom. The van der Waals surface area contributed by atoms with Gasteiger partial charge in [0.2, 0.25) is 0 Å². The fourth-order valence-electron chi connectivity index (χ4n) is 4.18. The lowest BCUT2D eigenvalue weighted by atomic mass is 9.89. The van der Waals surface area contributed by atoms with Gasteiger partial charge in [-0.25, -0.2) is 15.0 Å². The number of aromatic amines is 1. The van der Waals surface area contributed by atoms with Crippen LogP contribution in [0.4, 0.5) is 0 Å². The molecule has 0 atom stereocenters. The van der Waals surface area contributed by atoms with Gasteiger partial charge in [-0.05, 0) is 44.8 Å². The van der Waals surface area contributed by atoms with Crippen molar-refractivity contribution < 1.29 is 9.84 Å². The van der Waals surface area contributed by atoms with Crippen molar-refractivity contribution in [3.8, 4) is 11.5 Å². The van der Waals surface area contributed by atoms with Crippen LogP contribution in [0.25, 0.3) is 11.5 Å². The van der Waals surface area contributed by atoms with E-state index in [1.165, 1.54) is 0 Å². The van der Waals surface area contributed by atoms with Crippen molar-refractivity contribution in [1.29, 1.82) is 0 Å². The lowest BCUT2D eigenvalue weighted by molar-refractivity contribution is -0.0830. The van der Waals surface area contributed by atoms with Crippen LogP contribution in [0.2, 0.25) is 0 Å². The molecule has 2 N–H and O–H groups in total. The SMILES string of the molecule is Cc1cc(-c2ncc[nH]2)nc(CC2CCN(CC3(O)CCOCC3)CC2)n1. The first-order valence-corrected chi connectivity index (χ1v) is 9.96. The fraction of sp³-hybridized carbons (Fsp3) is 0.650. The number of nitrogens with zero attached hydrogens (tertiary/aromatic N) is 4. The second-order valence-electron chi connectivity index (χ2n) is 8.01. The van der Waals surface area contributed by atoms with Crippen LogP contribution < -0.4 is 0 Å². The number of imidazole rings is 1. The van der Waals surface area contributed by atoms with Crippen molar-refractivity contribution in [2.45, 2.75) is 44.6 Å². The number of hydrogen-bond acceptors (Lipinski definition) is 6. The van der Waals surface area contributed by atoms with Gasteiger partial charge in [0.1, 0.15) is 11.5 Å². The summed E-state index contributed by atoms with van der Waals surface area (Å²) in [5.74, 6) is 2.29. The molecule has 0 aliphatic carbocycles. The summed E-state index contributed by atoms with van der Waals surface area (Å²) in [6.07, 6.45) is 8.21. The van der Waals surface area contributed by atoms with Crippen molar-refractivity contribution in [3.63, 3.8) is 0 Å². The zero-order chi connectivity index (χ0) is 18.7. The van der Waals surface area contributed by atoms with Gasteiger partial charge in [0, 0.05) is 57.1 Å². The van der Waals surface area contributed by atoms with Gasteiger partial charge in [0.05, 0.1) is 5.60 Å². The molecule has 0 radical (unpaired) electrons. The molecule has 2 aliphatic rings. The highest BCUT2D eigenvalue weighted by atomic mass is 16.5. The number of nitrogens with one attached hydrogen (secondary N) is 1. The number of piperidine rings is 1. The number of β-amino-alcohol motifs (C(OH)–C–C–N with tert-alkyl or cyclic N) is 1. The Morgan fingerprint density at radius 1 is 1.26 bits per heavy atom. The van der Waals surface area contributed by atoms with Gasteiger partial charge in [0.15, 0.2) is 5.82 Å². The highest BCUT2D eigenvalue weighted by Crippen LogP contribution is 2.26. The number of rotatable bonds is 5. The summed E-state index contributed by atoms with van der Waals surface area (Å²) in [5, 5.41) is 10.7. The fourth-order valence-corrected chi connectivity index (χ4v) is 4.18. The number of ether oxygens (including phenoxy) is 1. The average molecular weight is 371 g/mol. The summed E-state index contributed by atoms with van der Waals surface area (Å²) < 4.78 is 5.38. The second-order valence-corrected chi connectivity index (χ2v) is 8.01. The van der Waals surface area contributed by atoms with Crippen molar-refractivity contribution in [1.82, 2.24) is 24.8 Å². The van der Waals surface area contributed by atoms with Crippen LogP contribution in [-0.2, 0) is 11.2 Å². The zero-order valence-electron chi connectivity index (χ0n) is 16.0. The quantitative estimate of drug-likeness (QED) is 0.836. The van der Waals surface area contributed by atoms with Gasteiger partial charge in [-0.2, -0.15) is 0 Å². The van der Waals surface area contributed by atoms with Crippen LogP contribution in [0, 0.1) is 12.8 Å². The third-order valence-electron chi connectivity index (χ3n) is 5.76. The molecule has 0 spiro atoms. The second kappa shape index (κ2) is 8.04. The maximum Gasteiger partial charge on any atom is 0.156 e. The molecule has 2 aromatic heterocycles. The maximum absolute atomic E-state index is 10.7. The molecule has 7 nitrogen and oxygen atoms in total. The lowest BCUT2D eigenvalue weighted by Gasteiger charge is -2.39. The van der Waals surface area contributed by atoms with E-state index < -0.39 is 5.60 Å². The number of aryl methyl sites for hydroxylation is 1. The molecule has 2 aliphatic heterocycles. The van der Waals surface area contributed by atoms with E-state index >= 15 is 0 Å². The van der Waals surface area contributed by atoms with Gasteiger partial charge in [0.25, 0.3) is 0 Å². The molecule has 0 amide bonds. The molecule has 0 unspecified atom stereocenters. The van der Waals surface area contributed by atoms with E-state index in [1.54, 1.807) is 6.20 Å². The molecule has 2 saturated heterocycles. The molecule has 27 heavy (non-hydrogen) atoms. The summed E-state index contributed by atoms with van der Waals surface area (Å²) >= 11 is 0. The first-order valence-electron chi connectivity index (χ1n) is 9.96. The Labute approximate surface area is 160 Å². The summed E-state index contributed by atoms with van der Waals surface area (Å²) in [4.78, 5) is 19.2. The van der Waals surface area contributed by atoms with Crippen molar-refractivity contribution in [3.05, 3.63) is 30.0 Å². The van der Waals surface area contributed by atoms with E-state index in [1.807, 2.05) is 19.2 Å². The Hall–Kier alpha value is -1.83. The van der Waals surface area contributed by atoms with Crippen LogP contribution in [0.5, 0.6) is 0 Å². The van der Waals surface area contributed by atoms with Crippen molar-refractivity contribution in [2.24, 2.45) is 5.92 Å². The topological polar surface area (TPSA) is 87.2 Å². The molecule has 4 heterocycles. The summed E-state index contributed by atoms with van der Waals surface area (Å²) in [5.41, 5.74) is 1.27. The summed E-state index contributed by atoms with van der Waals surface area (Å²) in [6.45, 7) is 6.20. The van der Waals surface area contributed by atoms with Crippen LogP contribution >= 0.6 is 0 Å². The monoisotopic (exact) mass is 371 g/mol. The lowest BCUT2D eigenvalue weighted by Crippen LogP contribution is -2.49. The molecule has 2 fully saturated rings. The number of H-pyrrole nitrogens is 1. The largest absolute Gasteiger partial charge is 0.388 e. The van der Waals surface area contributed by atoms with Gasteiger partial charge < -0.3 is 19.7 Å². The molecular weight excluding hydrogens is 342 g/mol. The molecule has 7 heteroatoms. The van der Waals surface area contributed by atoms with E-state index in [0.29, 0.717) is 19.1 Å². The number of hydrogen-bond donors (Lipinski definition) is 2. The number of aliphatic hydroxyl groups is 1. The highest BCUT2D eigenvalue weighted by molar-refractivity contribution is 5.49. The Morgan fingerprint density at radius 2 is 2.04 bits per heavy atom. The Kier molecular flexibility index (Phi) is 5.52. The minimum Gasteiger partial charge on any atom is -0.388 e. The summed E-state index contributed by atoms with van der Waals surface area (Å²) in [6, 6.07) is 1.97. The molecule has 0 bridgehead atoms. The van der Waals surface area contributed by atoms with Gasteiger partial charge >= 0.3 is 0 Å². The van der Waals surface area contributed by atoms with Crippen LogP contribution in [0.1, 0.15) is 37.2 Å². The third-order valence-corrected chi connectivity index (χ3v) is 5.76. The van der Waals surface area contributed by atoms with Crippen LogP contribution in [-0.4, -0.2) is 68.4 Å². The molecular formula is C20H29N5O2. The smallest absolute Gasteiger partial charge is 0.156 e. The van der Waals surface area contributed by atoms with Gasteiger partial charge in [-0.1, -0.05) is 0 Å². The molecule has 0 aromatic carbocycles. The molecule has 0 saturated carbocycles. The highest BCUT2D eigenvalue weighted by Gasteiger charge is 2.33. The van der Waals surface area contributed by atoms with E-state index in [4.69, 9.17) is 9.72 Å². The Balaban J connectivity index is 1.33. The standard InChI is InChI=1S/C20H29N5O2/c1-15-12-17(19-21-6-7-22-19)24-18(23-15)13-16-2-8-25(9-3-16)14-20(26)4-10-27-11-5-20/h6-7,12,16,26H,2-5,8-11,13-14H2,1H3,(H,21,22). The van der Waals surface area contributed by atoms with E-state index in [9.17, 15) is 5.11 Å². The zero-order valence-corrected chi connectivity index (χ0v) is 16.0. The van der Waals surface area contributed by atoms with Crippen molar-refractivity contribution >= 4 is 0 Å². The predicted octanol–water partition coefficient (Wildman–Crippen LogP) is 1.97. The Bertz CT molecular complexity index is 735. The van der Waals surface area contributed by atoms with Gasteiger partial charge in [-0.3, -0.25) is 0 Å². The maximum atomic E-state index is 10.7. The van der Waals surface area contributed by atoms with Crippen molar-refractivity contribution in [2.75, 3.05) is 32.8 Å². The summed E-state index contributed by atoms with van der Waals surface area (Å²) in [7, 11) is 0. The van der Waals surface area contributed by atoms with E-state index in [-0.39, 0.29) is 0 Å². The van der Waals surface area contributed by atoms with E-state index in [0.717, 1.165) is 74.8 Å². The predicted molar refractivity (Wildman–Crippen MR) is 102 cm³/mol. The van der Waals surface area contributed by atoms with Crippen LogP contribution in [0.3, 0.4) is 0 Å².